The summed E-state index contributed by atoms with van der Waals surface area (Å²) in [6.07, 6.45) is 2.62. The molecule has 0 spiro atoms. The van der Waals surface area contributed by atoms with Gasteiger partial charge in [0, 0.05) is 12.6 Å². The van der Waals surface area contributed by atoms with Crippen molar-refractivity contribution >= 4 is 18.7 Å². The molecule has 1 aromatic heterocycles. The average molecular weight is 436 g/mol. The molecule has 1 heterocycles. The number of aliphatic imine (C=N–C) groups is 1. The van der Waals surface area contributed by atoms with Gasteiger partial charge in [-0.1, -0.05) is 0 Å². The summed E-state index contributed by atoms with van der Waals surface area (Å²) in [4.78, 5) is 8.63. The normalized spacial score (nSPS) is 12.5. The summed E-state index contributed by atoms with van der Waals surface area (Å²) in [6.45, 7) is 7.13. The van der Waals surface area contributed by atoms with E-state index < -0.39 is 7.60 Å². The zero-order valence-electron chi connectivity index (χ0n) is 18.2. The number of benzene rings is 1. The Bertz CT molecular complexity index is 876. The van der Waals surface area contributed by atoms with Crippen molar-refractivity contribution in [2.24, 2.45) is 4.99 Å². The zero-order valence-corrected chi connectivity index (χ0v) is 19.1. The Kier molecular flexibility index (Phi) is 8.41. The number of pyridine rings is 1. The Labute approximate surface area is 177 Å². The van der Waals surface area contributed by atoms with Gasteiger partial charge in [-0.05, 0) is 57.5 Å². The smallest absolute Gasteiger partial charge is 0.376 e. The second kappa shape index (κ2) is 10.6. The Morgan fingerprint density at radius 3 is 2.10 bits per heavy atom. The highest BCUT2D eigenvalue weighted by Crippen LogP contribution is 2.54. The first kappa shape index (κ1) is 23.9. The van der Waals surface area contributed by atoms with Crippen molar-refractivity contribution in [1.82, 2.24) is 4.98 Å². The molecule has 2 aromatic rings. The number of hydrogen-bond donors (Lipinski definition) is 1. The SMILES string of the molecule is COc1cc(CC(=Nc2cccnc2)P(=O)(OC(C)C)OC(C)C)cc(OC)c1O. The van der Waals surface area contributed by atoms with Crippen LogP contribution in [0.15, 0.2) is 41.7 Å². The molecule has 0 saturated carbocycles. The van der Waals surface area contributed by atoms with Gasteiger partial charge in [0.1, 0.15) is 5.45 Å². The van der Waals surface area contributed by atoms with Crippen LogP contribution >= 0.6 is 7.60 Å². The standard InChI is InChI=1S/C21H29N2O6P/c1-14(2)28-30(25,29-15(3)4)20(23-17-8-7-9-22-13-17)12-16-10-18(26-5)21(24)19(11-16)27-6/h7-11,13-15,24H,12H2,1-6H3. The molecule has 0 aliphatic rings. The Morgan fingerprint density at radius 2 is 1.67 bits per heavy atom. The molecule has 1 aromatic carbocycles. The van der Waals surface area contributed by atoms with Gasteiger partial charge < -0.3 is 23.6 Å². The number of nitrogens with zero attached hydrogens (tertiary/aromatic N) is 2. The Balaban J connectivity index is 2.59. The molecule has 1 N–H and O–H groups in total. The minimum atomic E-state index is -3.75. The van der Waals surface area contributed by atoms with E-state index in [9.17, 15) is 9.67 Å². The van der Waals surface area contributed by atoms with E-state index in [0.717, 1.165) is 0 Å². The van der Waals surface area contributed by atoms with Crippen molar-refractivity contribution in [1.29, 1.82) is 0 Å². The lowest BCUT2D eigenvalue weighted by Gasteiger charge is -2.24. The molecule has 9 heteroatoms. The molecule has 0 bridgehead atoms. The number of phenolic OH excluding ortho intramolecular Hbond substituents is 1. The van der Waals surface area contributed by atoms with Crippen LogP contribution in [0.3, 0.4) is 0 Å². The fraction of sp³-hybridized carbons (Fsp3) is 0.429. The van der Waals surface area contributed by atoms with Crippen molar-refractivity contribution < 1.29 is 28.2 Å². The van der Waals surface area contributed by atoms with Crippen molar-refractivity contribution in [3.63, 3.8) is 0 Å². The van der Waals surface area contributed by atoms with Crippen LogP contribution in [-0.2, 0) is 20.0 Å². The van der Waals surface area contributed by atoms with Crippen LogP contribution in [0.5, 0.6) is 17.2 Å². The lowest BCUT2D eigenvalue weighted by molar-refractivity contribution is 0.152. The predicted molar refractivity (Wildman–Crippen MR) is 116 cm³/mol. The van der Waals surface area contributed by atoms with E-state index in [1.54, 1.807) is 64.4 Å². The van der Waals surface area contributed by atoms with E-state index in [1.165, 1.54) is 14.2 Å². The fourth-order valence-electron chi connectivity index (χ4n) is 2.70. The molecule has 0 saturated heterocycles. The lowest BCUT2D eigenvalue weighted by Crippen LogP contribution is -2.16. The molecule has 164 valence electrons. The molecule has 0 unspecified atom stereocenters. The summed E-state index contributed by atoms with van der Waals surface area (Å²) in [5.74, 6) is 0.346. The van der Waals surface area contributed by atoms with E-state index in [0.29, 0.717) is 11.3 Å². The van der Waals surface area contributed by atoms with Crippen molar-refractivity contribution in [2.45, 2.75) is 46.3 Å². The van der Waals surface area contributed by atoms with Gasteiger partial charge >= 0.3 is 7.60 Å². The molecule has 0 aliphatic carbocycles. The van der Waals surface area contributed by atoms with Gasteiger partial charge in [0.15, 0.2) is 11.5 Å². The van der Waals surface area contributed by atoms with Crippen molar-refractivity contribution in [2.75, 3.05) is 14.2 Å². The van der Waals surface area contributed by atoms with Gasteiger partial charge in [0.25, 0.3) is 0 Å². The van der Waals surface area contributed by atoms with Gasteiger partial charge in [-0.2, -0.15) is 0 Å². The van der Waals surface area contributed by atoms with Crippen LogP contribution in [0.2, 0.25) is 0 Å². The van der Waals surface area contributed by atoms with Gasteiger partial charge in [0.2, 0.25) is 5.75 Å². The number of methoxy groups -OCH3 is 2. The first-order valence-electron chi connectivity index (χ1n) is 9.57. The number of aromatic hydroxyl groups is 1. The third kappa shape index (κ3) is 6.29. The monoisotopic (exact) mass is 436 g/mol. The van der Waals surface area contributed by atoms with E-state index in [4.69, 9.17) is 18.5 Å². The molecular weight excluding hydrogens is 407 g/mol. The van der Waals surface area contributed by atoms with E-state index in [-0.39, 0.29) is 41.3 Å². The summed E-state index contributed by atoms with van der Waals surface area (Å²) < 4.78 is 35.8. The number of hydrogen-bond acceptors (Lipinski definition) is 8. The molecule has 0 aliphatic heterocycles. The van der Waals surface area contributed by atoms with Crippen molar-refractivity contribution in [3.8, 4) is 17.2 Å². The average Bonchev–Trinajstić information content (AvgIpc) is 2.68. The molecule has 0 radical (unpaired) electrons. The minimum absolute atomic E-state index is 0.116. The van der Waals surface area contributed by atoms with Crippen LogP contribution in [0.1, 0.15) is 33.3 Å². The number of ether oxygens (including phenoxy) is 2. The quantitative estimate of drug-likeness (QED) is 0.408. The van der Waals surface area contributed by atoms with Gasteiger partial charge in [-0.3, -0.25) is 9.55 Å². The largest absolute Gasteiger partial charge is 0.502 e. The molecule has 30 heavy (non-hydrogen) atoms. The maximum Gasteiger partial charge on any atom is 0.376 e. The third-order valence-electron chi connectivity index (χ3n) is 3.82. The van der Waals surface area contributed by atoms with E-state index in [2.05, 4.69) is 9.98 Å². The summed E-state index contributed by atoms with van der Waals surface area (Å²) in [5, 5.41) is 10.2. The van der Waals surface area contributed by atoms with Gasteiger partial charge in [-0.25, -0.2) is 4.99 Å². The van der Waals surface area contributed by atoms with E-state index in [1.807, 2.05) is 0 Å². The summed E-state index contributed by atoms with van der Waals surface area (Å²) in [7, 11) is -0.870. The molecule has 0 fully saturated rings. The molecule has 8 nitrogen and oxygen atoms in total. The highest BCUT2D eigenvalue weighted by molar-refractivity contribution is 7.72. The number of phenols is 1. The maximum absolute atomic E-state index is 13.8. The second-order valence-corrected chi connectivity index (χ2v) is 9.00. The molecule has 0 atom stereocenters. The van der Waals surface area contributed by atoms with Crippen molar-refractivity contribution in [3.05, 3.63) is 42.2 Å². The fourth-order valence-corrected chi connectivity index (χ4v) is 4.72. The summed E-state index contributed by atoms with van der Waals surface area (Å²) in [5.41, 5.74) is 1.39. The summed E-state index contributed by atoms with van der Waals surface area (Å²) in [6, 6.07) is 6.75. The zero-order chi connectivity index (χ0) is 22.3. The maximum atomic E-state index is 13.8. The molecular formula is C21H29N2O6P. The Morgan fingerprint density at radius 1 is 1.10 bits per heavy atom. The Hall–Kier alpha value is -2.41. The molecule has 0 amide bonds. The first-order valence-corrected chi connectivity index (χ1v) is 11.1. The van der Waals surface area contributed by atoms with Crippen LogP contribution in [0.25, 0.3) is 0 Å². The third-order valence-corrected chi connectivity index (χ3v) is 6.11. The second-order valence-electron chi connectivity index (χ2n) is 7.07. The van der Waals surface area contributed by atoms with Crippen LogP contribution in [-0.4, -0.2) is 42.0 Å². The predicted octanol–water partition coefficient (Wildman–Crippen LogP) is 5.12. The lowest BCUT2D eigenvalue weighted by atomic mass is 10.1. The number of aromatic nitrogens is 1. The highest BCUT2D eigenvalue weighted by Gasteiger charge is 2.35. The summed E-state index contributed by atoms with van der Waals surface area (Å²) >= 11 is 0. The topological polar surface area (TPSA) is 99.5 Å². The van der Waals surface area contributed by atoms with E-state index >= 15 is 0 Å². The van der Waals surface area contributed by atoms with Gasteiger partial charge in [0.05, 0.1) is 38.3 Å². The highest BCUT2D eigenvalue weighted by atomic mass is 31.2. The van der Waals surface area contributed by atoms with Crippen LogP contribution in [0, 0.1) is 0 Å². The van der Waals surface area contributed by atoms with Crippen LogP contribution in [0.4, 0.5) is 5.69 Å². The first-order chi connectivity index (χ1) is 14.2. The minimum Gasteiger partial charge on any atom is -0.502 e. The molecule has 2 rings (SSSR count). The van der Waals surface area contributed by atoms with Gasteiger partial charge in [-0.15, -0.1) is 0 Å². The number of rotatable bonds is 10. The van der Waals surface area contributed by atoms with Crippen LogP contribution < -0.4 is 9.47 Å².